The summed E-state index contributed by atoms with van der Waals surface area (Å²) in [5, 5.41) is 8.43. The van der Waals surface area contributed by atoms with E-state index in [0.717, 1.165) is 11.3 Å². The Morgan fingerprint density at radius 2 is 1.49 bits per heavy atom. The molecule has 1 aliphatic heterocycles. The van der Waals surface area contributed by atoms with Gasteiger partial charge in [0.05, 0.1) is 0 Å². The third-order valence-corrected chi connectivity index (χ3v) is 6.20. The van der Waals surface area contributed by atoms with E-state index in [4.69, 9.17) is 0 Å². The molecule has 2 heterocycles. The number of rotatable bonds is 8. The Balaban J connectivity index is 1.40. The number of hydrogen-bond acceptors (Lipinski definition) is 8. The van der Waals surface area contributed by atoms with Crippen molar-refractivity contribution in [3.8, 4) is 11.4 Å². The molecular weight excluding hydrogens is 498 g/mol. The van der Waals surface area contributed by atoms with Crippen LogP contribution in [0.3, 0.4) is 0 Å². The number of piperazine rings is 1. The fourth-order valence-corrected chi connectivity index (χ4v) is 4.14. The van der Waals surface area contributed by atoms with Crippen LogP contribution in [0.1, 0.15) is 24.2 Å². The van der Waals surface area contributed by atoms with Crippen molar-refractivity contribution in [3.05, 3.63) is 66.2 Å². The SMILES string of the molecule is CC(=O)NCCNc1cc(NC(=O)C(=O)N2CCN(c3ccc(C(C)=O)cc3)CC2)nc(-c2ccccc2)n1. The van der Waals surface area contributed by atoms with Crippen molar-refractivity contribution < 1.29 is 19.2 Å². The first-order valence-corrected chi connectivity index (χ1v) is 12.7. The maximum atomic E-state index is 12.9. The normalized spacial score (nSPS) is 13.0. The van der Waals surface area contributed by atoms with E-state index in [-0.39, 0.29) is 17.5 Å². The van der Waals surface area contributed by atoms with E-state index in [0.29, 0.717) is 56.5 Å². The Labute approximate surface area is 226 Å². The molecule has 0 radical (unpaired) electrons. The zero-order valence-corrected chi connectivity index (χ0v) is 21.9. The third-order valence-electron chi connectivity index (χ3n) is 6.20. The van der Waals surface area contributed by atoms with Crippen LogP contribution in [-0.2, 0) is 14.4 Å². The van der Waals surface area contributed by atoms with Gasteiger partial charge in [0.25, 0.3) is 0 Å². The molecule has 0 atom stereocenters. The van der Waals surface area contributed by atoms with E-state index >= 15 is 0 Å². The first kappa shape index (κ1) is 27.2. The minimum absolute atomic E-state index is 0.00967. The molecule has 0 unspecified atom stereocenters. The number of benzene rings is 2. The van der Waals surface area contributed by atoms with Crippen molar-refractivity contribution in [3.63, 3.8) is 0 Å². The van der Waals surface area contributed by atoms with Crippen LogP contribution in [0, 0.1) is 0 Å². The van der Waals surface area contributed by atoms with Crippen LogP contribution in [0.4, 0.5) is 17.3 Å². The highest BCUT2D eigenvalue weighted by molar-refractivity contribution is 6.39. The van der Waals surface area contributed by atoms with E-state index in [2.05, 4.69) is 30.8 Å². The molecule has 11 nitrogen and oxygen atoms in total. The summed E-state index contributed by atoms with van der Waals surface area (Å²) in [6.45, 7) is 5.67. The largest absolute Gasteiger partial charge is 0.368 e. The third kappa shape index (κ3) is 7.37. The lowest BCUT2D eigenvalue weighted by Crippen LogP contribution is -2.51. The summed E-state index contributed by atoms with van der Waals surface area (Å²) >= 11 is 0. The van der Waals surface area contributed by atoms with Gasteiger partial charge in [0, 0.05) is 69.1 Å². The van der Waals surface area contributed by atoms with Crippen LogP contribution in [0.5, 0.6) is 0 Å². The predicted molar refractivity (Wildman–Crippen MR) is 149 cm³/mol. The van der Waals surface area contributed by atoms with Gasteiger partial charge in [-0.1, -0.05) is 30.3 Å². The van der Waals surface area contributed by atoms with Gasteiger partial charge in [-0.25, -0.2) is 9.97 Å². The van der Waals surface area contributed by atoms with Gasteiger partial charge in [0.1, 0.15) is 11.6 Å². The highest BCUT2D eigenvalue weighted by atomic mass is 16.2. The average molecular weight is 530 g/mol. The Bertz CT molecular complexity index is 1340. The molecule has 0 aliphatic carbocycles. The molecule has 3 N–H and O–H groups in total. The number of aromatic nitrogens is 2. The molecule has 4 rings (SSSR count). The first-order valence-electron chi connectivity index (χ1n) is 12.7. The summed E-state index contributed by atoms with van der Waals surface area (Å²) in [4.78, 5) is 61.0. The number of carbonyl (C=O) groups is 4. The van der Waals surface area contributed by atoms with Crippen LogP contribution >= 0.6 is 0 Å². The van der Waals surface area contributed by atoms with Gasteiger partial charge in [0.15, 0.2) is 11.6 Å². The molecule has 3 aromatic rings. The summed E-state index contributed by atoms with van der Waals surface area (Å²) < 4.78 is 0. The second-order valence-electron chi connectivity index (χ2n) is 9.07. The Morgan fingerprint density at radius 1 is 0.821 bits per heavy atom. The molecule has 3 amide bonds. The van der Waals surface area contributed by atoms with E-state index in [1.807, 2.05) is 42.5 Å². The number of nitrogens with one attached hydrogen (secondary N) is 3. The topological polar surface area (TPSA) is 137 Å². The van der Waals surface area contributed by atoms with Crippen LogP contribution in [-0.4, -0.2) is 77.6 Å². The number of ketones is 1. The van der Waals surface area contributed by atoms with Crippen molar-refractivity contribution in [2.24, 2.45) is 0 Å². The minimum Gasteiger partial charge on any atom is -0.368 e. The Kier molecular flexibility index (Phi) is 8.82. The van der Waals surface area contributed by atoms with Crippen LogP contribution in [0.25, 0.3) is 11.4 Å². The fraction of sp³-hybridized carbons (Fsp3) is 0.286. The maximum Gasteiger partial charge on any atom is 0.315 e. The van der Waals surface area contributed by atoms with E-state index in [1.54, 1.807) is 18.2 Å². The lowest BCUT2D eigenvalue weighted by molar-refractivity contribution is -0.143. The van der Waals surface area contributed by atoms with Gasteiger partial charge in [-0.15, -0.1) is 0 Å². The predicted octanol–water partition coefficient (Wildman–Crippen LogP) is 2.18. The monoisotopic (exact) mass is 529 g/mol. The summed E-state index contributed by atoms with van der Waals surface area (Å²) in [7, 11) is 0. The highest BCUT2D eigenvalue weighted by Crippen LogP contribution is 2.21. The van der Waals surface area contributed by atoms with E-state index in [1.165, 1.54) is 18.7 Å². The molecule has 1 fully saturated rings. The first-order chi connectivity index (χ1) is 18.8. The number of carbonyl (C=O) groups excluding carboxylic acids is 4. The van der Waals surface area contributed by atoms with Crippen molar-refractivity contribution in [2.45, 2.75) is 13.8 Å². The van der Waals surface area contributed by atoms with Crippen LogP contribution in [0.2, 0.25) is 0 Å². The summed E-state index contributed by atoms with van der Waals surface area (Å²) in [5.74, 6) is -0.530. The maximum absolute atomic E-state index is 12.9. The molecule has 0 spiro atoms. The Hall–Kier alpha value is -4.80. The molecule has 2 aromatic carbocycles. The zero-order valence-electron chi connectivity index (χ0n) is 21.9. The van der Waals surface area contributed by atoms with Crippen molar-refractivity contribution in [1.29, 1.82) is 0 Å². The number of nitrogens with zero attached hydrogens (tertiary/aromatic N) is 4. The lowest BCUT2D eigenvalue weighted by atomic mass is 10.1. The molecular formula is C28H31N7O4. The van der Waals surface area contributed by atoms with Gasteiger partial charge in [0.2, 0.25) is 5.91 Å². The van der Waals surface area contributed by atoms with Gasteiger partial charge in [-0.2, -0.15) is 0 Å². The smallest absolute Gasteiger partial charge is 0.315 e. The van der Waals surface area contributed by atoms with Crippen molar-refractivity contribution >= 4 is 40.8 Å². The van der Waals surface area contributed by atoms with E-state index < -0.39 is 11.8 Å². The van der Waals surface area contributed by atoms with Gasteiger partial charge < -0.3 is 25.8 Å². The average Bonchev–Trinajstić information content (AvgIpc) is 2.95. The molecule has 1 aromatic heterocycles. The molecule has 0 saturated carbocycles. The number of anilines is 3. The van der Waals surface area contributed by atoms with Crippen LogP contribution < -0.4 is 20.9 Å². The quantitative estimate of drug-likeness (QED) is 0.230. The summed E-state index contributed by atoms with van der Waals surface area (Å²) in [5.41, 5.74) is 2.36. The molecule has 1 aliphatic rings. The number of Topliss-reactive ketones (excluding diaryl/α,β-unsaturated/α-hetero) is 1. The zero-order chi connectivity index (χ0) is 27.8. The standard InChI is InChI=1S/C28H31N7O4/c1-19(36)21-8-10-23(11-9-21)34-14-16-35(17-15-34)28(39)27(38)33-25-18-24(30-13-12-29-20(2)37)31-26(32-25)22-6-4-3-5-7-22/h3-11,18H,12-17H2,1-2H3,(H,29,37)(H2,30,31,32,33,38). The molecule has 11 heteroatoms. The Morgan fingerprint density at radius 3 is 2.13 bits per heavy atom. The minimum atomic E-state index is -0.781. The number of hydrogen-bond donors (Lipinski definition) is 3. The van der Waals surface area contributed by atoms with Gasteiger partial charge in [-0.05, 0) is 31.2 Å². The van der Waals surface area contributed by atoms with Gasteiger partial charge >= 0.3 is 11.8 Å². The van der Waals surface area contributed by atoms with Gasteiger partial charge in [-0.3, -0.25) is 19.2 Å². The fourth-order valence-electron chi connectivity index (χ4n) is 4.14. The highest BCUT2D eigenvalue weighted by Gasteiger charge is 2.27. The second-order valence-corrected chi connectivity index (χ2v) is 9.07. The molecule has 0 bridgehead atoms. The summed E-state index contributed by atoms with van der Waals surface area (Å²) in [6, 6.07) is 18.2. The number of amides is 3. The molecule has 1 saturated heterocycles. The van der Waals surface area contributed by atoms with E-state index in [9.17, 15) is 19.2 Å². The lowest BCUT2D eigenvalue weighted by Gasteiger charge is -2.35. The summed E-state index contributed by atoms with van der Waals surface area (Å²) in [6.07, 6.45) is 0. The van der Waals surface area contributed by atoms with Crippen LogP contribution in [0.15, 0.2) is 60.7 Å². The second kappa shape index (κ2) is 12.6. The van der Waals surface area contributed by atoms with Crippen molar-refractivity contribution in [1.82, 2.24) is 20.2 Å². The van der Waals surface area contributed by atoms with Crippen molar-refractivity contribution in [2.75, 3.05) is 54.8 Å². The molecule has 39 heavy (non-hydrogen) atoms. The molecule has 202 valence electrons.